The van der Waals surface area contributed by atoms with Gasteiger partial charge in [0.25, 0.3) is 0 Å². The first-order valence-corrected chi connectivity index (χ1v) is 7.15. The van der Waals surface area contributed by atoms with Crippen LogP contribution in [0.4, 0.5) is 0 Å². The summed E-state index contributed by atoms with van der Waals surface area (Å²) in [5.41, 5.74) is 0.0617. The second-order valence-electron chi connectivity index (χ2n) is 5.18. The van der Waals surface area contributed by atoms with E-state index in [-0.39, 0.29) is 11.5 Å². The first-order chi connectivity index (χ1) is 6.98. The molecule has 0 aromatic rings. The summed E-state index contributed by atoms with van der Waals surface area (Å²) < 4.78 is 0. The molecule has 0 bridgehead atoms. The van der Waals surface area contributed by atoms with E-state index >= 15 is 0 Å². The molecule has 0 spiro atoms. The number of aliphatic hydroxyl groups is 1. The maximum absolute atomic E-state index is 9.63. The Hall–Kier alpha value is 0.270. The quantitative estimate of drug-likeness (QED) is 0.688. The Morgan fingerprint density at radius 2 is 2.20 bits per heavy atom. The van der Waals surface area contributed by atoms with Gasteiger partial charge in [0.05, 0.1) is 6.10 Å². The van der Waals surface area contributed by atoms with Gasteiger partial charge >= 0.3 is 0 Å². The van der Waals surface area contributed by atoms with Gasteiger partial charge in [0, 0.05) is 17.5 Å². The number of rotatable bonds is 6. The highest BCUT2D eigenvalue weighted by atomic mass is 32.2. The number of thioether (sulfide) groups is 1. The van der Waals surface area contributed by atoms with Crippen LogP contribution < -0.4 is 5.32 Å². The van der Waals surface area contributed by atoms with Gasteiger partial charge in [-0.25, -0.2) is 0 Å². The van der Waals surface area contributed by atoms with Crippen LogP contribution >= 0.6 is 11.8 Å². The highest BCUT2D eigenvalue weighted by Crippen LogP contribution is 2.40. The number of aliphatic hydroxyl groups excluding tert-OH is 1. The van der Waals surface area contributed by atoms with Gasteiger partial charge in [0.15, 0.2) is 0 Å². The normalized spacial score (nSPS) is 31.0. The minimum Gasteiger partial charge on any atom is -0.392 e. The molecule has 2 N–H and O–H groups in total. The van der Waals surface area contributed by atoms with Gasteiger partial charge in [-0.15, -0.1) is 0 Å². The molecule has 1 saturated carbocycles. The third-order valence-corrected chi connectivity index (χ3v) is 4.53. The van der Waals surface area contributed by atoms with E-state index < -0.39 is 0 Å². The second-order valence-corrected chi connectivity index (χ2v) is 6.57. The second kappa shape index (κ2) is 5.55. The van der Waals surface area contributed by atoms with Crippen LogP contribution in [0.25, 0.3) is 0 Å². The molecule has 3 atom stereocenters. The molecule has 0 heterocycles. The fourth-order valence-corrected chi connectivity index (χ4v) is 2.83. The Morgan fingerprint density at radius 1 is 1.53 bits per heavy atom. The Labute approximate surface area is 98.2 Å². The first kappa shape index (κ1) is 13.3. The summed E-state index contributed by atoms with van der Waals surface area (Å²) in [6.07, 6.45) is 2.02. The first-order valence-electron chi connectivity index (χ1n) is 6.00. The summed E-state index contributed by atoms with van der Waals surface area (Å²) in [7, 11) is 0. The molecular formula is C12H25NOS. The summed E-state index contributed by atoms with van der Waals surface area (Å²) >= 11 is 2.00. The molecule has 0 aromatic carbocycles. The predicted octanol–water partition coefficient (Wildman–Crippen LogP) is 2.27. The van der Waals surface area contributed by atoms with Crippen LogP contribution in [0, 0.1) is 5.41 Å². The van der Waals surface area contributed by atoms with Crippen molar-refractivity contribution in [3.05, 3.63) is 0 Å². The molecule has 1 aliphatic carbocycles. The smallest absolute Gasteiger partial charge is 0.0621 e. The molecule has 1 aliphatic rings. The molecule has 0 aliphatic heterocycles. The molecule has 0 amide bonds. The lowest BCUT2D eigenvalue weighted by atomic mass is 9.64. The van der Waals surface area contributed by atoms with Crippen molar-refractivity contribution in [2.75, 3.05) is 11.5 Å². The monoisotopic (exact) mass is 231 g/mol. The Morgan fingerprint density at radius 3 is 2.67 bits per heavy atom. The third-order valence-electron chi connectivity index (χ3n) is 3.60. The van der Waals surface area contributed by atoms with Gasteiger partial charge in [-0.05, 0) is 31.3 Å². The fourth-order valence-electron chi connectivity index (χ4n) is 2.02. The molecule has 0 radical (unpaired) electrons. The van der Waals surface area contributed by atoms with Crippen LogP contribution in [0.15, 0.2) is 0 Å². The van der Waals surface area contributed by atoms with Gasteiger partial charge in [0.1, 0.15) is 0 Å². The minimum absolute atomic E-state index is 0.0617. The van der Waals surface area contributed by atoms with Crippen LogP contribution in [-0.2, 0) is 0 Å². The van der Waals surface area contributed by atoms with Gasteiger partial charge in [0.2, 0.25) is 0 Å². The van der Waals surface area contributed by atoms with Gasteiger partial charge in [-0.2, -0.15) is 11.8 Å². The van der Waals surface area contributed by atoms with Gasteiger partial charge in [-0.3, -0.25) is 0 Å². The van der Waals surface area contributed by atoms with Crippen molar-refractivity contribution >= 4 is 11.8 Å². The molecule has 0 saturated heterocycles. The lowest BCUT2D eigenvalue weighted by molar-refractivity contribution is -0.0753. The van der Waals surface area contributed by atoms with E-state index in [4.69, 9.17) is 0 Å². The summed E-state index contributed by atoms with van der Waals surface area (Å²) in [6, 6.07) is 1.06. The average molecular weight is 231 g/mol. The van der Waals surface area contributed by atoms with Crippen molar-refractivity contribution in [3.8, 4) is 0 Å². The fraction of sp³-hybridized carbons (Fsp3) is 1.00. The number of nitrogens with one attached hydrogen (secondary N) is 1. The van der Waals surface area contributed by atoms with Crippen LogP contribution in [-0.4, -0.2) is 34.8 Å². The number of hydrogen-bond donors (Lipinski definition) is 2. The summed E-state index contributed by atoms with van der Waals surface area (Å²) in [4.78, 5) is 0. The Balaban J connectivity index is 2.19. The van der Waals surface area contributed by atoms with Gasteiger partial charge < -0.3 is 10.4 Å². The molecule has 1 rings (SSSR count). The zero-order chi connectivity index (χ0) is 11.5. The van der Waals surface area contributed by atoms with Crippen LogP contribution in [0.1, 0.15) is 40.5 Å². The maximum atomic E-state index is 9.63. The summed E-state index contributed by atoms with van der Waals surface area (Å²) in [6.45, 7) is 8.74. The maximum Gasteiger partial charge on any atom is 0.0621 e. The Kier molecular flexibility index (Phi) is 4.94. The lowest BCUT2D eigenvalue weighted by Gasteiger charge is -2.50. The number of hydrogen-bond acceptors (Lipinski definition) is 3. The molecule has 1 fully saturated rings. The van der Waals surface area contributed by atoms with Crippen molar-refractivity contribution < 1.29 is 5.11 Å². The van der Waals surface area contributed by atoms with Crippen molar-refractivity contribution in [2.24, 2.45) is 5.41 Å². The molecule has 0 aromatic heterocycles. The van der Waals surface area contributed by atoms with E-state index in [9.17, 15) is 5.11 Å². The van der Waals surface area contributed by atoms with Crippen molar-refractivity contribution in [1.29, 1.82) is 0 Å². The standard InChI is InChI=1S/C12H25NOS/c1-5-15-7-6-9(2)13-10-8-11(14)12(10,3)4/h9-11,13-14H,5-8H2,1-4H3. The lowest BCUT2D eigenvalue weighted by Crippen LogP contribution is -2.61. The molecule has 90 valence electrons. The van der Waals surface area contributed by atoms with Crippen LogP contribution in [0.5, 0.6) is 0 Å². The minimum atomic E-state index is -0.118. The molecule has 2 nitrogen and oxygen atoms in total. The summed E-state index contributed by atoms with van der Waals surface area (Å²) in [5, 5.41) is 13.3. The highest BCUT2D eigenvalue weighted by molar-refractivity contribution is 7.99. The molecule has 15 heavy (non-hydrogen) atoms. The van der Waals surface area contributed by atoms with E-state index in [0.29, 0.717) is 12.1 Å². The van der Waals surface area contributed by atoms with E-state index in [0.717, 1.165) is 6.42 Å². The summed E-state index contributed by atoms with van der Waals surface area (Å²) in [5.74, 6) is 2.45. The van der Waals surface area contributed by atoms with Crippen molar-refractivity contribution in [1.82, 2.24) is 5.32 Å². The van der Waals surface area contributed by atoms with Crippen molar-refractivity contribution in [2.45, 2.75) is 58.7 Å². The van der Waals surface area contributed by atoms with Crippen LogP contribution in [0.2, 0.25) is 0 Å². The molecule has 3 heteroatoms. The van der Waals surface area contributed by atoms with Crippen LogP contribution in [0.3, 0.4) is 0 Å². The largest absolute Gasteiger partial charge is 0.392 e. The predicted molar refractivity (Wildman–Crippen MR) is 68.4 cm³/mol. The van der Waals surface area contributed by atoms with E-state index in [2.05, 4.69) is 33.0 Å². The average Bonchev–Trinajstić information content (AvgIpc) is 2.18. The topological polar surface area (TPSA) is 32.3 Å². The van der Waals surface area contributed by atoms with Gasteiger partial charge in [-0.1, -0.05) is 20.8 Å². The SMILES string of the molecule is CCSCCC(C)NC1CC(O)C1(C)C. The molecule has 3 unspecified atom stereocenters. The Bertz CT molecular complexity index is 196. The highest BCUT2D eigenvalue weighted by Gasteiger charge is 2.47. The third kappa shape index (κ3) is 3.36. The van der Waals surface area contributed by atoms with E-state index in [1.54, 1.807) is 0 Å². The zero-order valence-corrected chi connectivity index (χ0v) is 11.2. The van der Waals surface area contributed by atoms with Crippen molar-refractivity contribution in [3.63, 3.8) is 0 Å². The zero-order valence-electron chi connectivity index (χ0n) is 10.4. The molecular weight excluding hydrogens is 206 g/mol. The van der Waals surface area contributed by atoms with E-state index in [1.807, 2.05) is 11.8 Å². The van der Waals surface area contributed by atoms with E-state index in [1.165, 1.54) is 17.9 Å².